The number of carboxylic acid groups (broad SMARTS) is 1. The molecule has 0 aromatic heterocycles. The number of hydrogen-bond acceptors (Lipinski definition) is 3. The van der Waals surface area contributed by atoms with Crippen LogP contribution in [0.5, 0.6) is 0 Å². The molecule has 2 atom stereocenters. The van der Waals surface area contributed by atoms with Gasteiger partial charge in [0.1, 0.15) is 11.8 Å². The van der Waals surface area contributed by atoms with Gasteiger partial charge >= 0.3 is 18.3 Å². The summed E-state index contributed by atoms with van der Waals surface area (Å²) in [4.78, 5) is 35.1. The maximum Gasteiger partial charge on any atom is 0.416 e. The summed E-state index contributed by atoms with van der Waals surface area (Å²) >= 11 is 0. The van der Waals surface area contributed by atoms with Gasteiger partial charge in [-0.3, -0.25) is 9.59 Å². The van der Waals surface area contributed by atoms with Crippen LogP contribution in [0.2, 0.25) is 0 Å². The first-order chi connectivity index (χ1) is 13.3. The number of rotatable bonds is 5. The van der Waals surface area contributed by atoms with Gasteiger partial charge in [0, 0.05) is 12.8 Å². The lowest BCUT2D eigenvalue weighted by Crippen LogP contribution is -2.47. The van der Waals surface area contributed by atoms with Crippen LogP contribution < -0.4 is 5.32 Å². The van der Waals surface area contributed by atoms with E-state index in [4.69, 9.17) is 0 Å². The van der Waals surface area contributed by atoms with Gasteiger partial charge in [-0.15, -0.1) is 0 Å². The molecule has 0 radical (unpaired) electrons. The van der Waals surface area contributed by atoms with Crippen LogP contribution in [-0.4, -0.2) is 28.8 Å². The summed E-state index contributed by atoms with van der Waals surface area (Å²) in [7, 11) is 0. The zero-order valence-electron chi connectivity index (χ0n) is 14.9. The fourth-order valence-corrected chi connectivity index (χ4v) is 3.25. The van der Waals surface area contributed by atoms with Crippen LogP contribution >= 0.6 is 0 Å². The van der Waals surface area contributed by atoms with Gasteiger partial charge in [0.25, 0.3) is 0 Å². The second-order valence-corrected chi connectivity index (χ2v) is 6.87. The Labute approximate surface area is 161 Å². The predicted molar refractivity (Wildman–Crippen MR) is 86.7 cm³/mol. The molecule has 0 aliphatic heterocycles. The summed E-state index contributed by atoms with van der Waals surface area (Å²) < 4.78 is 77.3. The van der Waals surface area contributed by atoms with Crippen molar-refractivity contribution in [3.8, 4) is 0 Å². The van der Waals surface area contributed by atoms with Crippen LogP contribution in [0.15, 0.2) is 18.2 Å². The SMILES string of the molecule is O=C1CCC[C@H]([C@@H](NC(=O)Cc2cc(C(F)(F)F)cc(C(F)(F)F)c2)C(=O)O)C1. The normalized spacial score (nSPS) is 19.0. The van der Waals surface area contributed by atoms with Crippen LogP contribution in [-0.2, 0) is 33.2 Å². The summed E-state index contributed by atoms with van der Waals surface area (Å²) in [5.74, 6) is -3.35. The molecule has 160 valence electrons. The molecule has 5 nitrogen and oxygen atoms in total. The maximum absolute atomic E-state index is 12.9. The Hall–Kier alpha value is -2.59. The van der Waals surface area contributed by atoms with Crippen molar-refractivity contribution >= 4 is 17.7 Å². The van der Waals surface area contributed by atoms with Gasteiger partial charge < -0.3 is 10.4 Å². The van der Waals surface area contributed by atoms with Crippen LogP contribution in [0.1, 0.15) is 42.4 Å². The molecule has 29 heavy (non-hydrogen) atoms. The number of carbonyl (C=O) groups is 3. The first kappa shape index (κ1) is 22.7. The van der Waals surface area contributed by atoms with E-state index < -0.39 is 59.3 Å². The number of hydrogen-bond donors (Lipinski definition) is 2. The van der Waals surface area contributed by atoms with E-state index in [1.807, 2.05) is 0 Å². The molecule has 1 fully saturated rings. The van der Waals surface area contributed by atoms with Crippen LogP contribution in [0.25, 0.3) is 0 Å². The van der Waals surface area contributed by atoms with E-state index in [1.165, 1.54) is 0 Å². The third kappa shape index (κ3) is 6.20. The second-order valence-electron chi connectivity index (χ2n) is 6.87. The Morgan fingerprint density at radius 1 is 1.07 bits per heavy atom. The third-order valence-electron chi connectivity index (χ3n) is 4.59. The minimum Gasteiger partial charge on any atom is -0.480 e. The molecule has 2 rings (SSSR count). The van der Waals surface area contributed by atoms with Gasteiger partial charge in [-0.1, -0.05) is 0 Å². The molecule has 0 spiro atoms. The highest BCUT2D eigenvalue weighted by molar-refractivity contribution is 5.86. The predicted octanol–water partition coefficient (Wildman–Crippen LogP) is 3.60. The van der Waals surface area contributed by atoms with Crippen molar-refractivity contribution in [2.75, 3.05) is 0 Å². The molecule has 1 amide bonds. The molecule has 0 saturated heterocycles. The molecule has 0 unspecified atom stereocenters. The number of amides is 1. The van der Waals surface area contributed by atoms with Crippen LogP contribution in [0.4, 0.5) is 26.3 Å². The van der Waals surface area contributed by atoms with Crippen molar-refractivity contribution in [3.63, 3.8) is 0 Å². The Morgan fingerprint density at radius 2 is 1.62 bits per heavy atom. The van der Waals surface area contributed by atoms with Crippen LogP contribution in [0.3, 0.4) is 0 Å². The first-order valence-electron chi connectivity index (χ1n) is 8.59. The molecule has 1 aliphatic rings. The zero-order chi connectivity index (χ0) is 22.0. The number of ketones is 1. The van der Waals surface area contributed by atoms with Gasteiger partial charge in [0.05, 0.1) is 17.5 Å². The highest BCUT2D eigenvalue weighted by Gasteiger charge is 2.37. The maximum atomic E-state index is 12.9. The van der Waals surface area contributed by atoms with Crippen molar-refractivity contribution in [3.05, 3.63) is 34.9 Å². The Balaban J connectivity index is 2.22. The van der Waals surface area contributed by atoms with Crippen molar-refractivity contribution in [1.29, 1.82) is 0 Å². The smallest absolute Gasteiger partial charge is 0.416 e. The van der Waals surface area contributed by atoms with Gasteiger partial charge in [-0.05, 0) is 42.5 Å². The second kappa shape index (κ2) is 8.42. The van der Waals surface area contributed by atoms with Crippen molar-refractivity contribution in [2.24, 2.45) is 5.92 Å². The van der Waals surface area contributed by atoms with E-state index in [-0.39, 0.29) is 18.3 Å². The zero-order valence-corrected chi connectivity index (χ0v) is 14.9. The van der Waals surface area contributed by atoms with E-state index >= 15 is 0 Å². The monoisotopic (exact) mass is 425 g/mol. The van der Waals surface area contributed by atoms with Crippen LogP contribution in [0, 0.1) is 5.92 Å². The lowest BCUT2D eigenvalue weighted by atomic mass is 9.83. The van der Waals surface area contributed by atoms with E-state index in [9.17, 15) is 45.8 Å². The molecule has 1 saturated carbocycles. The number of nitrogens with one attached hydrogen (secondary N) is 1. The molecule has 1 aliphatic carbocycles. The Kier molecular flexibility index (Phi) is 6.59. The number of halogens is 6. The number of alkyl halides is 6. The molecule has 0 bridgehead atoms. The average molecular weight is 425 g/mol. The molecule has 0 heterocycles. The summed E-state index contributed by atoms with van der Waals surface area (Å²) in [6, 6.07) is -0.696. The molecular weight excluding hydrogens is 408 g/mol. The minimum atomic E-state index is -5.06. The molecule has 1 aromatic rings. The van der Waals surface area contributed by atoms with Gasteiger partial charge in [-0.2, -0.15) is 26.3 Å². The van der Waals surface area contributed by atoms with Gasteiger partial charge in [0.2, 0.25) is 5.91 Å². The fourth-order valence-electron chi connectivity index (χ4n) is 3.25. The molecule has 1 aromatic carbocycles. The van der Waals surface area contributed by atoms with Crippen molar-refractivity contribution in [1.82, 2.24) is 5.32 Å². The fraction of sp³-hybridized carbons (Fsp3) is 0.500. The molecular formula is C18H17F6NO4. The van der Waals surface area contributed by atoms with Crippen molar-refractivity contribution in [2.45, 2.75) is 50.5 Å². The topological polar surface area (TPSA) is 83.5 Å². The van der Waals surface area contributed by atoms with E-state index in [2.05, 4.69) is 5.32 Å². The summed E-state index contributed by atoms with van der Waals surface area (Å²) in [6.45, 7) is 0. The number of carbonyl (C=O) groups excluding carboxylic acids is 2. The lowest BCUT2D eigenvalue weighted by Gasteiger charge is -2.27. The molecule has 2 N–H and O–H groups in total. The largest absolute Gasteiger partial charge is 0.480 e. The van der Waals surface area contributed by atoms with E-state index in [1.54, 1.807) is 0 Å². The molecule has 11 heteroatoms. The average Bonchev–Trinajstić information content (AvgIpc) is 2.57. The Bertz CT molecular complexity index is 770. The summed E-state index contributed by atoms with van der Waals surface area (Å²) in [6.07, 6.45) is -9.98. The number of benzene rings is 1. The first-order valence-corrected chi connectivity index (χ1v) is 8.59. The highest BCUT2D eigenvalue weighted by Crippen LogP contribution is 2.36. The summed E-state index contributed by atoms with van der Waals surface area (Å²) in [5, 5.41) is 11.4. The highest BCUT2D eigenvalue weighted by atomic mass is 19.4. The quantitative estimate of drug-likeness (QED) is 0.707. The van der Waals surface area contributed by atoms with E-state index in [0.29, 0.717) is 31.4 Å². The standard InChI is InChI=1S/C18H17F6NO4/c19-17(20,21)11-4-9(5-12(8-11)18(22,23)24)6-14(27)25-15(16(28)29)10-2-1-3-13(26)7-10/h4-5,8,10,15H,1-3,6-7H2,(H,25,27)(H,28,29)/t10-,15+/m0/s1. The minimum absolute atomic E-state index is 0.0604. The van der Waals surface area contributed by atoms with Crippen molar-refractivity contribution < 1.29 is 45.8 Å². The Morgan fingerprint density at radius 3 is 2.07 bits per heavy atom. The third-order valence-corrected chi connectivity index (χ3v) is 4.59. The lowest BCUT2D eigenvalue weighted by molar-refractivity contribution is -0.144. The number of Topliss-reactive ketones (excluding diaryl/α,β-unsaturated/α-hetero) is 1. The summed E-state index contributed by atoms with van der Waals surface area (Å²) in [5.41, 5.74) is -3.70. The van der Waals surface area contributed by atoms with E-state index in [0.717, 1.165) is 0 Å². The van der Waals surface area contributed by atoms with Gasteiger partial charge in [0.15, 0.2) is 0 Å². The van der Waals surface area contributed by atoms with Gasteiger partial charge in [-0.25, -0.2) is 4.79 Å². The number of carboxylic acids is 1. The number of aliphatic carboxylic acids is 1.